The molecule has 4 nitrogen and oxygen atoms in total. The van der Waals surface area contributed by atoms with Crippen LogP contribution in [-0.4, -0.2) is 17.6 Å². The van der Waals surface area contributed by atoms with Crippen LogP contribution in [0.3, 0.4) is 0 Å². The second kappa shape index (κ2) is 9.56. The maximum Gasteiger partial charge on any atom is 0.258 e. The monoisotopic (exact) mass is 425 g/mol. The van der Waals surface area contributed by atoms with E-state index in [2.05, 4.69) is 19.2 Å². The smallest absolute Gasteiger partial charge is 0.258 e. The molecule has 4 aromatic rings. The summed E-state index contributed by atoms with van der Waals surface area (Å²) in [7, 11) is 0. The maximum absolute atomic E-state index is 13.0. The van der Waals surface area contributed by atoms with Crippen molar-refractivity contribution >= 4 is 16.7 Å². The number of fused-ring (bicyclic) bond motifs is 1. The average Bonchev–Trinajstić information content (AvgIpc) is 2.82. The van der Waals surface area contributed by atoms with Gasteiger partial charge in [-0.05, 0) is 39.9 Å². The maximum atomic E-state index is 13.0. The molecule has 1 amide bonds. The van der Waals surface area contributed by atoms with E-state index in [0.717, 1.165) is 21.9 Å². The van der Waals surface area contributed by atoms with Crippen LogP contribution >= 0.6 is 0 Å². The van der Waals surface area contributed by atoms with E-state index in [1.165, 1.54) is 0 Å². The first-order valence-corrected chi connectivity index (χ1v) is 10.8. The standard InChI is InChI=1S/C28H27NO3/c1-19(2)22-13-8-9-15-25(22)32-18-26(31)29-28(21-11-4-3-5-12-21)27-23-14-7-6-10-20(23)16-17-24(27)30/h3-17,19,28,30H,18H2,1-2H3,(H,29,31). The lowest BCUT2D eigenvalue weighted by Gasteiger charge is -2.23. The topological polar surface area (TPSA) is 58.6 Å². The van der Waals surface area contributed by atoms with Gasteiger partial charge in [0.2, 0.25) is 0 Å². The lowest BCUT2D eigenvalue weighted by Crippen LogP contribution is -2.33. The minimum atomic E-state index is -0.515. The van der Waals surface area contributed by atoms with Gasteiger partial charge in [0.1, 0.15) is 11.5 Å². The van der Waals surface area contributed by atoms with Crippen LogP contribution in [0.15, 0.2) is 91.0 Å². The second-order valence-electron chi connectivity index (χ2n) is 8.11. The fourth-order valence-corrected chi connectivity index (χ4v) is 3.99. The number of ether oxygens (including phenoxy) is 1. The Morgan fingerprint density at radius 3 is 2.34 bits per heavy atom. The fourth-order valence-electron chi connectivity index (χ4n) is 3.99. The van der Waals surface area contributed by atoms with Gasteiger partial charge in [-0.25, -0.2) is 0 Å². The summed E-state index contributed by atoms with van der Waals surface area (Å²) >= 11 is 0. The van der Waals surface area contributed by atoms with Gasteiger partial charge in [0.05, 0.1) is 6.04 Å². The van der Waals surface area contributed by atoms with Crippen molar-refractivity contribution in [1.82, 2.24) is 5.32 Å². The normalized spacial score (nSPS) is 12.0. The molecule has 32 heavy (non-hydrogen) atoms. The lowest BCUT2D eigenvalue weighted by molar-refractivity contribution is -0.123. The van der Waals surface area contributed by atoms with Crippen molar-refractivity contribution in [3.63, 3.8) is 0 Å². The van der Waals surface area contributed by atoms with Crippen LogP contribution in [0.5, 0.6) is 11.5 Å². The van der Waals surface area contributed by atoms with E-state index in [4.69, 9.17) is 4.74 Å². The Balaban J connectivity index is 1.64. The number of hydrogen-bond acceptors (Lipinski definition) is 3. The highest BCUT2D eigenvalue weighted by atomic mass is 16.5. The van der Waals surface area contributed by atoms with Crippen LogP contribution in [0.25, 0.3) is 10.8 Å². The molecule has 2 N–H and O–H groups in total. The molecule has 0 aliphatic heterocycles. The highest BCUT2D eigenvalue weighted by Gasteiger charge is 2.23. The van der Waals surface area contributed by atoms with E-state index < -0.39 is 6.04 Å². The zero-order valence-electron chi connectivity index (χ0n) is 18.3. The molecule has 4 heteroatoms. The molecule has 0 aliphatic carbocycles. The van der Waals surface area contributed by atoms with Gasteiger partial charge in [-0.3, -0.25) is 4.79 Å². The molecule has 162 valence electrons. The number of phenols is 1. The third-order valence-corrected chi connectivity index (χ3v) is 5.57. The summed E-state index contributed by atoms with van der Waals surface area (Å²) in [5.74, 6) is 0.884. The Morgan fingerprint density at radius 1 is 0.875 bits per heavy atom. The van der Waals surface area contributed by atoms with Crippen molar-refractivity contribution in [2.75, 3.05) is 6.61 Å². The van der Waals surface area contributed by atoms with Crippen LogP contribution in [0, 0.1) is 0 Å². The molecule has 4 aromatic carbocycles. The first-order valence-electron chi connectivity index (χ1n) is 10.8. The molecule has 0 fully saturated rings. The number of nitrogens with one attached hydrogen (secondary N) is 1. The summed E-state index contributed by atoms with van der Waals surface area (Å²) < 4.78 is 5.88. The molecule has 4 rings (SSSR count). The number of para-hydroxylation sites is 1. The van der Waals surface area contributed by atoms with E-state index in [0.29, 0.717) is 17.2 Å². The average molecular weight is 426 g/mol. The molecular weight excluding hydrogens is 398 g/mol. The minimum absolute atomic E-state index is 0.113. The Bertz CT molecular complexity index is 1220. The van der Waals surface area contributed by atoms with E-state index in [9.17, 15) is 9.90 Å². The van der Waals surface area contributed by atoms with Crippen LogP contribution in [-0.2, 0) is 4.79 Å². The van der Waals surface area contributed by atoms with E-state index in [-0.39, 0.29) is 18.3 Å². The minimum Gasteiger partial charge on any atom is -0.508 e. The van der Waals surface area contributed by atoms with Gasteiger partial charge in [0, 0.05) is 5.56 Å². The number of aromatic hydroxyl groups is 1. The van der Waals surface area contributed by atoms with Crippen molar-refractivity contribution < 1.29 is 14.6 Å². The Labute approximate surface area is 188 Å². The SMILES string of the molecule is CC(C)c1ccccc1OCC(=O)NC(c1ccccc1)c1c(O)ccc2ccccc12. The molecule has 0 spiro atoms. The van der Waals surface area contributed by atoms with Gasteiger partial charge in [-0.2, -0.15) is 0 Å². The fraction of sp³-hybridized carbons (Fsp3) is 0.179. The first kappa shape index (κ1) is 21.4. The largest absolute Gasteiger partial charge is 0.508 e. The highest BCUT2D eigenvalue weighted by Crippen LogP contribution is 2.35. The lowest BCUT2D eigenvalue weighted by atomic mass is 9.92. The van der Waals surface area contributed by atoms with Gasteiger partial charge in [0.25, 0.3) is 5.91 Å². The number of phenolic OH excluding ortho intramolecular Hbond substituents is 1. The van der Waals surface area contributed by atoms with Crippen LogP contribution in [0.4, 0.5) is 0 Å². The molecule has 0 heterocycles. The van der Waals surface area contributed by atoms with Gasteiger partial charge in [0.15, 0.2) is 6.61 Å². The van der Waals surface area contributed by atoms with Crippen molar-refractivity contribution in [1.29, 1.82) is 0 Å². The Hall–Kier alpha value is -3.79. The molecule has 0 bridgehead atoms. The Morgan fingerprint density at radius 2 is 1.56 bits per heavy atom. The number of amides is 1. The summed E-state index contributed by atoms with van der Waals surface area (Å²) in [6.07, 6.45) is 0. The summed E-state index contributed by atoms with van der Waals surface area (Å²) in [6.45, 7) is 4.08. The van der Waals surface area contributed by atoms with Gasteiger partial charge in [-0.1, -0.05) is 92.7 Å². The number of benzene rings is 4. The van der Waals surface area contributed by atoms with Crippen LogP contribution in [0.2, 0.25) is 0 Å². The van der Waals surface area contributed by atoms with Gasteiger partial charge < -0.3 is 15.2 Å². The summed E-state index contributed by atoms with van der Waals surface area (Å²) in [5, 5.41) is 15.7. The van der Waals surface area contributed by atoms with Crippen molar-refractivity contribution in [2.24, 2.45) is 0 Å². The molecule has 0 saturated heterocycles. The van der Waals surface area contributed by atoms with Crippen molar-refractivity contribution in [2.45, 2.75) is 25.8 Å². The van der Waals surface area contributed by atoms with Crippen molar-refractivity contribution in [3.8, 4) is 11.5 Å². The van der Waals surface area contributed by atoms with Crippen LogP contribution in [0.1, 0.15) is 42.5 Å². The zero-order chi connectivity index (χ0) is 22.5. The Kier molecular flexibility index (Phi) is 6.41. The molecular formula is C28H27NO3. The predicted octanol–water partition coefficient (Wildman–Crippen LogP) is 5.95. The quantitative estimate of drug-likeness (QED) is 0.384. The van der Waals surface area contributed by atoms with E-state index in [1.54, 1.807) is 6.07 Å². The summed E-state index contributed by atoms with van der Waals surface area (Å²) in [6, 6.07) is 28.3. The van der Waals surface area contributed by atoms with Crippen LogP contribution < -0.4 is 10.1 Å². The predicted molar refractivity (Wildman–Crippen MR) is 128 cm³/mol. The summed E-state index contributed by atoms with van der Waals surface area (Å²) in [4.78, 5) is 13.0. The molecule has 0 aliphatic rings. The molecule has 0 radical (unpaired) electrons. The molecule has 1 atom stereocenters. The summed E-state index contributed by atoms with van der Waals surface area (Å²) in [5.41, 5.74) is 2.62. The number of carbonyl (C=O) groups excluding carboxylic acids is 1. The third-order valence-electron chi connectivity index (χ3n) is 5.57. The van der Waals surface area contributed by atoms with E-state index in [1.807, 2.05) is 84.9 Å². The number of hydrogen-bond donors (Lipinski definition) is 2. The number of carbonyl (C=O) groups is 1. The van der Waals surface area contributed by atoms with Crippen molar-refractivity contribution in [3.05, 3.63) is 108 Å². The third kappa shape index (κ3) is 4.59. The first-order chi connectivity index (χ1) is 15.5. The zero-order valence-corrected chi connectivity index (χ0v) is 18.3. The highest BCUT2D eigenvalue weighted by molar-refractivity contribution is 5.89. The molecule has 0 aromatic heterocycles. The second-order valence-corrected chi connectivity index (χ2v) is 8.11. The molecule has 0 saturated carbocycles. The molecule has 1 unspecified atom stereocenters. The van der Waals surface area contributed by atoms with Gasteiger partial charge in [-0.15, -0.1) is 0 Å². The number of rotatable bonds is 7. The van der Waals surface area contributed by atoms with E-state index >= 15 is 0 Å². The van der Waals surface area contributed by atoms with Gasteiger partial charge >= 0.3 is 0 Å².